The van der Waals surface area contributed by atoms with Crippen molar-refractivity contribution >= 4 is 5.91 Å². The topological polar surface area (TPSA) is 41.6 Å². The molecular formula is C22H34N2O2. The first-order valence-electron chi connectivity index (χ1n) is 10.3. The molecule has 2 heterocycles. The molecule has 26 heavy (non-hydrogen) atoms. The molecule has 2 unspecified atom stereocenters. The Morgan fingerprint density at radius 1 is 1.19 bits per heavy atom. The summed E-state index contributed by atoms with van der Waals surface area (Å²) in [6, 6.07) is 9.04. The summed E-state index contributed by atoms with van der Waals surface area (Å²) >= 11 is 0. The number of likely N-dealkylation sites (tertiary alicyclic amines) is 1. The van der Waals surface area contributed by atoms with Gasteiger partial charge in [-0.2, -0.15) is 0 Å². The summed E-state index contributed by atoms with van der Waals surface area (Å²) in [6.45, 7) is 8.17. The average Bonchev–Trinajstić information content (AvgIpc) is 2.65. The van der Waals surface area contributed by atoms with E-state index in [-0.39, 0.29) is 18.1 Å². The number of nitrogens with zero attached hydrogens (tertiary/aromatic N) is 1. The zero-order chi connectivity index (χ0) is 18.4. The van der Waals surface area contributed by atoms with Gasteiger partial charge in [-0.05, 0) is 63.6 Å². The maximum absolute atomic E-state index is 12.4. The SMILES string of the molecule is Cc1ccc(C(CNC(=O)CC2CCCCO2)N2CCC(C)CC2)cc1. The van der Waals surface area contributed by atoms with Gasteiger partial charge in [0.2, 0.25) is 5.91 Å². The third-order valence-corrected chi connectivity index (χ3v) is 5.90. The van der Waals surface area contributed by atoms with Gasteiger partial charge in [0.05, 0.1) is 18.6 Å². The first kappa shape index (κ1) is 19.4. The van der Waals surface area contributed by atoms with Gasteiger partial charge in [-0.25, -0.2) is 0 Å². The number of aryl methyl sites for hydroxylation is 1. The maximum atomic E-state index is 12.4. The molecule has 3 rings (SSSR count). The monoisotopic (exact) mass is 358 g/mol. The summed E-state index contributed by atoms with van der Waals surface area (Å²) in [4.78, 5) is 15.0. The van der Waals surface area contributed by atoms with Crippen LogP contribution in [0.25, 0.3) is 0 Å². The van der Waals surface area contributed by atoms with Gasteiger partial charge in [-0.15, -0.1) is 0 Å². The Hall–Kier alpha value is -1.39. The fourth-order valence-electron chi connectivity index (χ4n) is 4.04. The molecular weight excluding hydrogens is 324 g/mol. The minimum atomic E-state index is 0.109. The lowest BCUT2D eigenvalue weighted by atomic mass is 9.95. The van der Waals surface area contributed by atoms with Crippen LogP contribution in [0.5, 0.6) is 0 Å². The smallest absolute Gasteiger partial charge is 0.222 e. The molecule has 1 aromatic carbocycles. The number of hydrogen-bond donors (Lipinski definition) is 1. The number of piperidine rings is 1. The fourth-order valence-corrected chi connectivity index (χ4v) is 4.04. The van der Waals surface area contributed by atoms with Crippen molar-refractivity contribution in [1.82, 2.24) is 10.2 Å². The molecule has 1 amide bonds. The molecule has 1 aromatic rings. The minimum Gasteiger partial charge on any atom is -0.378 e. The van der Waals surface area contributed by atoms with Crippen LogP contribution in [0, 0.1) is 12.8 Å². The summed E-state index contributed by atoms with van der Waals surface area (Å²) in [5.41, 5.74) is 2.58. The van der Waals surface area contributed by atoms with Crippen molar-refractivity contribution in [3.63, 3.8) is 0 Å². The van der Waals surface area contributed by atoms with Gasteiger partial charge < -0.3 is 10.1 Å². The van der Waals surface area contributed by atoms with Crippen molar-refractivity contribution in [3.8, 4) is 0 Å². The number of ether oxygens (including phenoxy) is 1. The molecule has 4 heteroatoms. The van der Waals surface area contributed by atoms with Crippen LogP contribution in [0.15, 0.2) is 24.3 Å². The Labute approximate surface area is 158 Å². The molecule has 2 atom stereocenters. The van der Waals surface area contributed by atoms with Crippen molar-refractivity contribution in [2.45, 2.75) is 64.5 Å². The molecule has 2 aliphatic rings. The second-order valence-electron chi connectivity index (χ2n) is 8.14. The van der Waals surface area contributed by atoms with Crippen molar-refractivity contribution in [2.24, 2.45) is 5.92 Å². The number of hydrogen-bond acceptors (Lipinski definition) is 3. The quantitative estimate of drug-likeness (QED) is 0.840. The largest absolute Gasteiger partial charge is 0.378 e. The van der Waals surface area contributed by atoms with E-state index in [0.717, 1.165) is 38.5 Å². The fraction of sp³-hybridized carbons (Fsp3) is 0.682. The lowest BCUT2D eigenvalue weighted by Gasteiger charge is -2.37. The number of carbonyl (C=O) groups is 1. The van der Waals surface area contributed by atoms with Crippen LogP contribution in [0.1, 0.15) is 62.6 Å². The predicted molar refractivity (Wildman–Crippen MR) is 105 cm³/mol. The number of carbonyl (C=O) groups excluding carboxylic acids is 1. The van der Waals surface area contributed by atoms with E-state index in [9.17, 15) is 4.79 Å². The van der Waals surface area contributed by atoms with Crippen molar-refractivity contribution in [1.29, 1.82) is 0 Å². The van der Waals surface area contributed by atoms with Crippen LogP contribution >= 0.6 is 0 Å². The van der Waals surface area contributed by atoms with E-state index >= 15 is 0 Å². The predicted octanol–water partition coefficient (Wildman–Crippen LogP) is 3.84. The second kappa shape index (κ2) is 9.52. The zero-order valence-electron chi connectivity index (χ0n) is 16.4. The van der Waals surface area contributed by atoms with Crippen molar-refractivity contribution in [3.05, 3.63) is 35.4 Å². The summed E-state index contributed by atoms with van der Waals surface area (Å²) in [5.74, 6) is 0.933. The summed E-state index contributed by atoms with van der Waals surface area (Å²) in [6.07, 6.45) is 6.41. The Balaban J connectivity index is 1.59. The van der Waals surface area contributed by atoms with Gasteiger partial charge in [0.15, 0.2) is 0 Å². The number of amides is 1. The van der Waals surface area contributed by atoms with Crippen LogP contribution < -0.4 is 5.32 Å². The van der Waals surface area contributed by atoms with E-state index in [1.165, 1.54) is 30.4 Å². The number of rotatable bonds is 6. The lowest BCUT2D eigenvalue weighted by Crippen LogP contribution is -2.42. The van der Waals surface area contributed by atoms with E-state index in [4.69, 9.17) is 4.74 Å². The van der Waals surface area contributed by atoms with Gasteiger partial charge in [-0.3, -0.25) is 9.69 Å². The third-order valence-electron chi connectivity index (χ3n) is 5.90. The standard InChI is InChI=1S/C22H34N2O2/c1-17-6-8-19(9-7-17)21(24-12-10-18(2)11-13-24)16-23-22(25)15-20-5-3-4-14-26-20/h6-9,18,20-21H,3-5,10-16H2,1-2H3,(H,23,25). The summed E-state index contributed by atoms with van der Waals surface area (Å²) in [5, 5.41) is 3.19. The van der Waals surface area contributed by atoms with Crippen LogP contribution in [-0.4, -0.2) is 43.2 Å². The lowest BCUT2D eigenvalue weighted by molar-refractivity contribution is -0.125. The van der Waals surface area contributed by atoms with E-state index in [2.05, 4.69) is 48.3 Å². The van der Waals surface area contributed by atoms with Gasteiger partial charge in [-0.1, -0.05) is 36.8 Å². The van der Waals surface area contributed by atoms with Crippen molar-refractivity contribution < 1.29 is 9.53 Å². The van der Waals surface area contributed by atoms with Crippen LogP contribution in [-0.2, 0) is 9.53 Å². The maximum Gasteiger partial charge on any atom is 0.222 e. The first-order chi connectivity index (χ1) is 12.6. The van der Waals surface area contributed by atoms with Crippen LogP contribution in [0.2, 0.25) is 0 Å². The normalized spacial score (nSPS) is 23.5. The van der Waals surface area contributed by atoms with Crippen LogP contribution in [0.4, 0.5) is 0 Å². The molecule has 0 aromatic heterocycles. The highest BCUT2D eigenvalue weighted by Gasteiger charge is 2.25. The average molecular weight is 359 g/mol. The molecule has 0 bridgehead atoms. The van der Waals surface area contributed by atoms with Gasteiger partial charge in [0, 0.05) is 13.2 Å². The Morgan fingerprint density at radius 3 is 2.58 bits per heavy atom. The molecule has 1 N–H and O–H groups in total. The van der Waals surface area contributed by atoms with E-state index < -0.39 is 0 Å². The zero-order valence-corrected chi connectivity index (χ0v) is 16.4. The molecule has 2 aliphatic heterocycles. The molecule has 4 nitrogen and oxygen atoms in total. The highest BCUT2D eigenvalue weighted by atomic mass is 16.5. The van der Waals surface area contributed by atoms with Crippen LogP contribution in [0.3, 0.4) is 0 Å². The minimum absolute atomic E-state index is 0.109. The second-order valence-corrected chi connectivity index (χ2v) is 8.14. The molecule has 144 valence electrons. The number of benzene rings is 1. The van der Waals surface area contributed by atoms with E-state index in [0.29, 0.717) is 13.0 Å². The van der Waals surface area contributed by atoms with Gasteiger partial charge >= 0.3 is 0 Å². The third kappa shape index (κ3) is 5.55. The Morgan fingerprint density at radius 2 is 1.92 bits per heavy atom. The molecule has 2 fully saturated rings. The van der Waals surface area contributed by atoms with E-state index in [1.807, 2.05) is 0 Å². The Kier molecular flexibility index (Phi) is 7.09. The molecule has 0 aliphatic carbocycles. The van der Waals surface area contributed by atoms with Gasteiger partial charge in [0.1, 0.15) is 0 Å². The summed E-state index contributed by atoms with van der Waals surface area (Å²) < 4.78 is 5.71. The molecule has 2 saturated heterocycles. The summed E-state index contributed by atoms with van der Waals surface area (Å²) in [7, 11) is 0. The van der Waals surface area contributed by atoms with Crippen molar-refractivity contribution in [2.75, 3.05) is 26.2 Å². The Bertz CT molecular complexity index is 558. The van der Waals surface area contributed by atoms with Gasteiger partial charge in [0.25, 0.3) is 0 Å². The highest BCUT2D eigenvalue weighted by molar-refractivity contribution is 5.76. The molecule has 0 radical (unpaired) electrons. The van der Waals surface area contributed by atoms with E-state index in [1.54, 1.807) is 0 Å². The number of nitrogens with one attached hydrogen (secondary N) is 1. The molecule has 0 saturated carbocycles. The molecule has 0 spiro atoms. The first-order valence-corrected chi connectivity index (χ1v) is 10.3. The highest BCUT2D eigenvalue weighted by Crippen LogP contribution is 2.27.